The summed E-state index contributed by atoms with van der Waals surface area (Å²) in [4.78, 5) is 19.4. The number of aromatic amines is 1. The number of hydrogen-bond acceptors (Lipinski definition) is 2. The summed E-state index contributed by atoms with van der Waals surface area (Å²) in [7, 11) is 0. The van der Waals surface area contributed by atoms with E-state index in [1.165, 1.54) is 6.08 Å². The van der Waals surface area contributed by atoms with E-state index in [1.54, 1.807) is 36.5 Å². The zero-order chi connectivity index (χ0) is 17.2. The number of H-pyrrole nitrogens is 1. The molecule has 0 unspecified atom stereocenters. The van der Waals surface area contributed by atoms with Crippen LogP contribution >= 0.6 is 0 Å². The van der Waals surface area contributed by atoms with Gasteiger partial charge in [0.05, 0.1) is 11.3 Å². The molecule has 4 rings (SSSR count). The van der Waals surface area contributed by atoms with E-state index < -0.39 is 0 Å². The molecule has 0 saturated carbocycles. The Balaban J connectivity index is 1.67. The Kier molecular flexibility index (Phi) is 3.90. The van der Waals surface area contributed by atoms with E-state index in [2.05, 4.69) is 15.3 Å². The Labute approximate surface area is 144 Å². The number of fused-ring (bicyclic) bond motifs is 1. The second-order valence-corrected chi connectivity index (χ2v) is 5.91. The summed E-state index contributed by atoms with van der Waals surface area (Å²) in [6.45, 7) is 0.637. The monoisotopic (exact) mass is 333 g/mol. The molecular formula is C20H16FN3O. The van der Waals surface area contributed by atoms with Crippen LogP contribution in [0.3, 0.4) is 0 Å². The molecule has 3 heterocycles. The van der Waals surface area contributed by atoms with Gasteiger partial charge in [-0.25, -0.2) is 4.39 Å². The Morgan fingerprint density at radius 3 is 2.80 bits per heavy atom. The van der Waals surface area contributed by atoms with Crippen LogP contribution in [-0.4, -0.2) is 22.4 Å². The number of rotatable bonds is 3. The maximum atomic E-state index is 14.4. The lowest BCUT2D eigenvalue weighted by Crippen LogP contribution is -2.31. The summed E-state index contributed by atoms with van der Waals surface area (Å²) in [6.07, 6.45) is 3.83. The Morgan fingerprint density at radius 1 is 1.16 bits per heavy atom. The van der Waals surface area contributed by atoms with Crippen LogP contribution in [0.4, 0.5) is 4.39 Å². The highest BCUT2D eigenvalue weighted by molar-refractivity contribution is 5.97. The van der Waals surface area contributed by atoms with Gasteiger partial charge in [0, 0.05) is 47.8 Å². The average molecular weight is 333 g/mol. The molecule has 1 amide bonds. The number of amides is 1. The smallest absolute Gasteiger partial charge is 0.253 e. The number of benzene rings is 1. The minimum absolute atomic E-state index is 0.0620. The summed E-state index contributed by atoms with van der Waals surface area (Å²) in [5, 5.41) is 2.83. The van der Waals surface area contributed by atoms with E-state index in [1.807, 2.05) is 18.2 Å². The molecule has 0 aliphatic carbocycles. The highest BCUT2D eigenvalue weighted by Crippen LogP contribution is 2.25. The predicted molar refractivity (Wildman–Crippen MR) is 95.5 cm³/mol. The molecule has 1 aliphatic heterocycles. The lowest BCUT2D eigenvalue weighted by atomic mass is 10.1. The van der Waals surface area contributed by atoms with E-state index in [4.69, 9.17) is 0 Å². The summed E-state index contributed by atoms with van der Waals surface area (Å²) in [5.41, 5.74) is 4.34. The Morgan fingerprint density at radius 2 is 2.00 bits per heavy atom. The molecule has 2 aromatic heterocycles. The minimum atomic E-state index is -0.338. The predicted octanol–water partition coefficient (Wildman–Crippen LogP) is 3.83. The molecule has 0 atom stereocenters. The summed E-state index contributed by atoms with van der Waals surface area (Å²) in [5.74, 6) is -0.400. The van der Waals surface area contributed by atoms with Gasteiger partial charge in [0.1, 0.15) is 5.83 Å². The Hall–Kier alpha value is -3.21. The van der Waals surface area contributed by atoms with Crippen molar-refractivity contribution in [1.29, 1.82) is 0 Å². The van der Waals surface area contributed by atoms with Crippen molar-refractivity contribution in [2.75, 3.05) is 6.54 Å². The van der Waals surface area contributed by atoms with Crippen molar-refractivity contribution < 1.29 is 9.18 Å². The van der Waals surface area contributed by atoms with Gasteiger partial charge in [0.25, 0.3) is 5.91 Å². The molecular weight excluding hydrogens is 317 g/mol. The lowest BCUT2D eigenvalue weighted by molar-refractivity contribution is 0.0946. The number of carbonyl (C=O) groups excluding carboxylic acids is 1. The van der Waals surface area contributed by atoms with E-state index in [-0.39, 0.29) is 11.7 Å². The fourth-order valence-corrected chi connectivity index (χ4v) is 2.95. The molecule has 0 saturated heterocycles. The van der Waals surface area contributed by atoms with E-state index in [0.717, 1.165) is 23.4 Å². The zero-order valence-corrected chi connectivity index (χ0v) is 13.4. The number of pyridine rings is 1. The summed E-state index contributed by atoms with van der Waals surface area (Å²) >= 11 is 0. The molecule has 5 heteroatoms. The van der Waals surface area contributed by atoms with Gasteiger partial charge >= 0.3 is 0 Å². The van der Waals surface area contributed by atoms with E-state index >= 15 is 0 Å². The highest BCUT2D eigenvalue weighted by atomic mass is 19.1. The first-order valence-corrected chi connectivity index (χ1v) is 8.10. The first kappa shape index (κ1) is 15.3. The van der Waals surface area contributed by atoms with Gasteiger partial charge in [0.2, 0.25) is 0 Å². The van der Waals surface area contributed by atoms with Crippen molar-refractivity contribution in [2.45, 2.75) is 6.42 Å². The van der Waals surface area contributed by atoms with Crippen LogP contribution in [0, 0.1) is 0 Å². The molecule has 0 radical (unpaired) electrons. The molecule has 2 N–H and O–H groups in total. The van der Waals surface area contributed by atoms with Gasteiger partial charge in [-0.05, 0) is 18.2 Å². The zero-order valence-electron chi connectivity index (χ0n) is 13.4. The third kappa shape index (κ3) is 3.08. The standard InChI is InChI=1S/C20H16FN3O/c21-17(13-4-2-1-3-5-13)11-15-10-14(6-8-22-15)19-12-16-18(24-19)7-9-23-20(16)25/h1-6,8,10-12,24H,7,9H2,(H,23,25). The highest BCUT2D eigenvalue weighted by Gasteiger charge is 2.19. The number of aromatic nitrogens is 2. The van der Waals surface area contributed by atoms with Gasteiger partial charge in [0.15, 0.2) is 0 Å². The Bertz CT molecular complexity index is 960. The van der Waals surface area contributed by atoms with Crippen LogP contribution in [0.15, 0.2) is 54.7 Å². The molecule has 3 aromatic rings. The fourth-order valence-electron chi connectivity index (χ4n) is 2.95. The van der Waals surface area contributed by atoms with Gasteiger partial charge in [-0.2, -0.15) is 0 Å². The topological polar surface area (TPSA) is 57.8 Å². The lowest BCUT2D eigenvalue weighted by Gasteiger charge is -2.10. The van der Waals surface area contributed by atoms with E-state index in [9.17, 15) is 9.18 Å². The molecule has 124 valence electrons. The number of hydrogen-bond donors (Lipinski definition) is 2. The molecule has 4 nitrogen and oxygen atoms in total. The van der Waals surface area contributed by atoms with E-state index in [0.29, 0.717) is 23.4 Å². The van der Waals surface area contributed by atoms with Crippen LogP contribution in [0.25, 0.3) is 23.2 Å². The van der Waals surface area contributed by atoms with Crippen molar-refractivity contribution in [2.24, 2.45) is 0 Å². The van der Waals surface area contributed by atoms with Crippen molar-refractivity contribution in [1.82, 2.24) is 15.3 Å². The SMILES string of the molecule is O=C1NCCc2[nH]c(-c3ccnc(C=C(F)c4ccccc4)c3)cc21. The van der Waals surface area contributed by atoms with Gasteiger partial charge < -0.3 is 10.3 Å². The van der Waals surface area contributed by atoms with Crippen molar-refractivity contribution >= 4 is 17.8 Å². The van der Waals surface area contributed by atoms with Gasteiger partial charge in [-0.15, -0.1) is 0 Å². The normalized spacial score (nSPS) is 14.1. The quantitative estimate of drug-likeness (QED) is 0.765. The summed E-state index contributed by atoms with van der Waals surface area (Å²) < 4.78 is 14.4. The van der Waals surface area contributed by atoms with Crippen LogP contribution in [0.1, 0.15) is 27.3 Å². The van der Waals surface area contributed by atoms with Gasteiger partial charge in [-0.1, -0.05) is 30.3 Å². The third-order valence-corrected chi connectivity index (χ3v) is 4.22. The first-order chi connectivity index (χ1) is 12.2. The molecule has 1 aromatic carbocycles. The minimum Gasteiger partial charge on any atom is -0.358 e. The average Bonchev–Trinajstić information content (AvgIpc) is 3.08. The molecule has 0 fully saturated rings. The molecule has 0 spiro atoms. The fraction of sp³-hybridized carbons (Fsp3) is 0.100. The molecule has 0 bridgehead atoms. The van der Waals surface area contributed by atoms with Crippen molar-refractivity contribution in [3.05, 3.63) is 77.2 Å². The second-order valence-electron chi connectivity index (χ2n) is 5.91. The van der Waals surface area contributed by atoms with Gasteiger partial charge in [-0.3, -0.25) is 9.78 Å². The van der Waals surface area contributed by atoms with Crippen LogP contribution in [0.2, 0.25) is 0 Å². The largest absolute Gasteiger partial charge is 0.358 e. The molecule has 1 aliphatic rings. The van der Waals surface area contributed by atoms with Crippen molar-refractivity contribution in [3.63, 3.8) is 0 Å². The number of carbonyl (C=O) groups is 1. The molecule has 25 heavy (non-hydrogen) atoms. The first-order valence-electron chi connectivity index (χ1n) is 8.10. The summed E-state index contributed by atoms with van der Waals surface area (Å²) in [6, 6.07) is 14.3. The maximum absolute atomic E-state index is 14.4. The van der Waals surface area contributed by atoms with Crippen LogP contribution in [0.5, 0.6) is 0 Å². The van der Waals surface area contributed by atoms with Crippen LogP contribution < -0.4 is 5.32 Å². The number of nitrogens with one attached hydrogen (secondary N) is 2. The number of nitrogens with zero attached hydrogens (tertiary/aromatic N) is 1. The number of halogens is 1. The second kappa shape index (κ2) is 6.36. The van der Waals surface area contributed by atoms with Crippen LogP contribution in [-0.2, 0) is 6.42 Å². The third-order valence-electron chi connectivity index (χ3n) is 4.22. The maximum Gasteiger partial charge on any atom is 0.253 e. The van der Waals surface area contributed by atoms with Crippen molar-refractivity contribution in [3.8, 4) is 11.3 Å².